The average Bonchev–Trinajstić information content (AvgIpc) is 3.15. The number of methoxy groups -OCH3 is 1. The molecule has 0 spiro atoms. The molecule has 1 N–H and O–H groups in total. The Morgan fingerprint density at radius 2 is 1.87 bits per heavy atom. The van der Waals surface area contributed by atoms with Crippen molar-refractivity contribution in [2.45, 2.75) is 32.8 Å². The van der Waals surface area contributed by atoms with Crippen molar-refractivity contribution in [2.75, 3.05) is 23.9 Å². The molecule has 0 unspecified atom stereocenters. The number of nitrogens with zero attached hydrogens (tertiary/aromatic N) is 1. The normalized spacial score (nSPS) is 16.8. The summed E-state index contributed by atoms with van der Waals surface area (Å²) in [7, 11) is 1.51. The molecular weight excluding hydrogens is 384 g/mol. The lowest BCUT2D eigenvalue weighted by molar-refractivity contribution is -0.157. The zero-order chi connectivity index (χ0) is 21.7. The highest BCUT2D eigenvalue weighted by molar-refractivity contribution is 6.01. The van der Waals surface area contributed by atoms with E-state index in [0.717, 1.165) is 17.7 Å². The van der Waals surface area contributed by atoms with E-state index in [-0.39, 0.29) is 18.9 Å². The molecule has 30 heavy (non-hydrogen) atoms. The highest BCUT2D eigenvalue weighted by Gasteiger charge is 2.37. The van der Waals surface area contributed by atoms with Crippen molar-refractivity contribution in [3.05, 3.63) is 54.1 Å². The number of hydrogen-bond acceptors (Lipinski definition) is 5. The van der Waals surface area contributed by atoms with Gasteiger partial charge in [0.1, 0.15) is 5.75 Å². The molecule has 0 radical (unpaired) electrons. The number of para-hydroxylation sites is 3. The summed E-state index contributed by atoms with van der Waals surface area (Å²) >= 11 is 0. The minimum Gasteiger partial charge on any atom is -0.495 e. The van der Waals surface area contributed by atoms with Crippen LogP contribution in [0, 0.1) is 5.92 Å². The summed E-state index contributed by atoms with van der Waals surface area (Å²) in [5.41, 5.74) is 2.36. The number of hydrogen-bond donors (Lipinski definition) is 1. The van der Waals surface area contributed by atoms with Gasteiger partial charge in [-0.2, -0.15) is 0 Å². The summed E-state index contributed by atoms with van der Waals surface area (Å²) in [5.74, 6) is -1.24. The van der Waals surface area contributed by atoms with Crippen LogP contribution in [0.1, 0.15) is 25.8 Å². The van der Waals surface area contributed by atoms with Gasteiger partial charge in [-0.25, -0.2) is 0 Å². The molecule has 1 heterocycles. The van der Waals surface area contributed by atoms with E-state index in [0.29, 0.717) is 11.4 Å². The quantitative estimate of drug-likeness (QED) is 0.709. The lowest BCUT2D eigenvalue weighted by Gasteiger charge is -2.20. The fraction of sp³-hybridized carbons (Fsp3) is 0.348. The second kappa shape index (κ2) is 9.43. The van der Waals surface area contributed by atoms with Crippen molar-refractivity contribution in [1.82, 2.24) is 0 Å². The third kappa shape index (κ3) is 4.62. The van der Waals surface area contributed by atoms with Gasteiger partial charge in [-0.05, 0) is 37.1 Å². The molecule has 7 nitrogen and oxygen atoms in total. The molecule has 0 bridgehead atoms. The molecule has 1 aliphatic heterocycles. The first-order valence-corrected chi connectivity index (χ1v) is 9.97. The zero-order valence-electron chi connectivity index (χ0n) is 17.4. The summed E-state index contributed by atoms with van der Waals surface area (Å²) in [5, 5.41) is 2.70. The fourth-order valence-corrected chi connectivity index (χ4v) is 3.48. The first-order chi connectivity index (χ1) is 14.4. The largest absolute Gasteiger partial charge is 0.495 e. The molecule has 7 heteroatoms. The van der Waals surface area contributed by atoms with Gasteiger partial charge in [-0.15, -0.1) is 0 Å². The monoisotopic (exact) mass is 410 g/mol. The minimum atomic E-state index is -1.01. The highest BCUT2D eigenvalue weighted by Crippen LogP contribution is 2.29. The molecule has 2 atom stereocenters. The van der Waals surface area contributed by atoms with Gasteiger partial charge in [0.15, 0.2) is 6.10 Å². The third-order valence-corrected chi connectivity index (χ3v) is 5.15. The number of ether oxygens (including phenoxy) is 2. The maximum Gasteiger partial charge on any atom is 0.312 e. The molecule has 2 amide bonds. The fourth-order valence-electron chi connectivity index (χ4n) is 3.48. The van der Waals surface area contributed by atoms with Crippen LogP contribution in [0.5, 0.6) is 5.75 Å². The molecule has 3 rings (SSSR count). The second-order valence-corrected chi connectivity index (χ2v) is 7.16. The van der Waals surface area contributed by atoms with Crippen molar-refractivity contribution in [2.24, 2.45) is 5.92 Å². The number of carbonyl (C=O) groups is 3. The van der Waals surface area contributed by atoms with E-state index in [1.165, 1.54) is 14.0 Å². The molecule has 1 fully saturated rings. The molecule has 1 saturated heterocycles. The van der Waals surface area contributed by atoms with Crippen LogP contribution >= 0.6 is 0 Å². The summed E-state index contributed by atoms with van der Waals surface area (Å²) in [6.07, 6.45) is -0.151. The second-order valence-electron chi connectivity index (χ2n) is 7.16. The van der Waals surface area contributed by atoms with Crippen LogP contribution in [0.15, 0.2) is 48.5 Å². The van der Waals surface area contributed by atoms with E-state index in [9.17, 15) is 14.4 Å². The van der Waals surface area contributed by atoms with E-state index in [2.05, 4.69) is 5.32 Å². The minimum absolute atomic E-state index is 0.0672. The van der Waals surface area contributed by atoms with Crippen molar-refractivity contribution < 1.29 is 23.9 Å². The van der Waals surface area contributed by atoms with Crippen LogP contribution in [0.2, 0.25) is 0 Å². The Bertz CT molecular complexity index is 943. The number of nitrogens with one attached hydrogen (secondary N) is 1. The lowest BCUT2D eigenvalue weighted by Crippen LogP contribution is -2.33. The van der Waals surface area contributed by atoms with Gasteiger partial charge < -0.3 is 19.7 Å². The van der Waals surface area contributed by atoms with Crippen LogP contribution in [-0.2, 0) is 25.5 Å². The van der Waals surface area contributed by atoms with Crippen molar-refractivity contribution in [3.63, 3.8) is 0 Å². The predicted octanol–water partition coefficient (Wildman–Crippen LogP) is 3.18. The van der Waals surface area contributed by atoms with Crippen LogP contribution < -0.4 is 15.0 Å². The Kier molecular flexibility index (Phi) is 6.72. The van der Waals surface area contributed by atoms with Gasteiger partial charge in [0.25, 0.3) is 5.91 Å². The lowest BCUT2D eigenvalue weighted by atomic mass is 10.1. The van der Waals surface area contributed by atoms with Crippen molar-refractivity contribution in [3.8, 4) is 5.75 Å². The average molecular weight is 410 g/mol. The number of benzene rings is 2. The summed E-state index contributed by atoms with van der Waals surface area (Å²) in [4.78, 5) is 39.2. The molecule has 2 aromatic carbocycles. The maximum atomic E-state index is 12.6. The van der Waals surface area contributed by atoms with Gasteiger partial charge in [-0.3, -0.25) is 14.4 Å². The molecule has 1 aliphatic rings. The Hall–Kier alpha value is -3.35. The van der Waals surface area contributed by atoms with E-state index in [1.807, 2.05) is 31.2 Å². The number of aryl methyl sites for hydroxylation is 1. The zero-order valence-corrected chi connectivity index (χ0v) is 17.4. The topological polar surface area (TPSA) is 84.9 Å². The standard InChI is InChI=1S/C23H26N2O5/c1-4-16-9-5-7-11-19(16)25-14-17(13-21(25)26)23(28)30-15(2)22(27)24-18-10-6-8-12-20(18)29-3/h5-12,15,17H,4,13-14H2,1-3H3,(H,24,27)/t15-,17+/m0/s1. The molecular formula is C23H26N2O5. The van der Waals surface area contributed by atoms with Gasteiger partial charge in [0, 0.05) is 18.7 Å². The Labute approximate surface area is 176 Å². The molecule has 0 saturated carbocycles. The van der Waals surface area contributed by atoms with E-state index in [4.69, 9.17) is 9.47 Å². The van der Waals surface area contributed by atoms with Crippen LogP contribution in [0.3, 0.4) is 0 Å². The summed E-state index contributed by atoms with van der Waals surface area (Å²) < 4.78 is 10.6. The maximum absolute atomic E-state index is 12.6. The smallest absolute Gasteiger partial charge is 0.312 e. The van der Waals surface area contributed by atoms with E-state index >= 15 is 0 Å². The Morgan fingerprint density at radius 3 is 2.60 bits per heavy atom. The summed E-state index contributed by atoms with van der Waals surface area (Å²) in [6, 6.07) is 14.6. The van der Waals surface area contributed by atoms with Crippen molar-refractivity contribution in [1.29, 1.82) is 0 Å². The van der Waals surface area contributed by atoms with E-state index < -0.39 is 23.9 Å². The SMILES string of the molecule is CCc1ccccc1N1C[C@H](C(=O)O[C@@H](C)C(=O)Nc2ccccc2OC)CC1=O. The van der Waals surface area contributed by atoms with Crippen LogP contribution in [-0.4, -0.2) is 37.5 Å². The van der Waals surface area contributed by atoms with Gasteiger partial charge >= 0.3 is 5.97 Å². The highest BCUT2D eigenvalue weighted by atomic mass is 16.5. The Morgan fingerprint density at radius 1 is 1.17 bits per heavy atom. The molecule has 2 aromatic rings. The number of rotatable bonds is 7. The first-order valence-electron chi connectivity index (χ1n) is 9.97. The van der Waals surface area contributed by atoms with E-state index in [1.54, 1.807) is 29.2 Å². The Balaban J connectivity index is 1.62. The number of esters is 1. The molecule has 0 aromatic heterocycles. The predicted molar refractivity (Wildman–Crippen MR) is 113 cm³/mol. The van der Waals surface area contributed by atoms with Gasteiger partial charge in [0.2, 0.25) is 5.91 Å². The molecule has 0 aliphatic carbocycles. The number of anilines is 2. The van der Waals surface area contributed by atoms with Crippen LogP contribution in [0.4, 0.5) is 11.4 Å². The molecule has 158 valence electrons. The third-order valence-electron chi connectivity index (χ3n) is 5.15. The summed E-state index contributed by atoms with van der Waals surface area (Å²) in [6.45, 7) is 3.77. The van der Waals surface area contributed by atoms with Crippen molar-refractivity contribution >= 4 is 29.2 Å². The number of amides is 2. The van der Waals surface area contributed by atoms with Gasteiger partial charge in [0.05, 0.1) is 18.7 Å². The van der Waals surface area contributed by atoms with Gasteiger partial charge in [-0.1, -0.05) is 37.3 Å². The van der Waals surface area contributed by atoms with Crippen LogP contribution in [0.25, 0.3) is 0 Å². The number of carbonyl (C=O) groups excluding carboxylic acids is 3. The first kappa shape index (κ1) is 21.4.